The third kappa shape index (κ3) is 3.47. The molecule has 110 valence electrons. The number of carbonyl (C=O) groups excluding carboxylic acids is 2. The van der Waals surface area contributed by atoms with Gasteiger partial charge in [-0.1, -0.05) is 35.5 Å². The van der Waals surface area contributed by atoms with E-state index in [-0.39, 0.29) is 12.3 Å². The van der Waals surface area contributed by atoms with Crippen molar-refractivity contribution in [3.63, 3.8) is 0 Å². The van der Waals surface area contributed by atoms with Crippen molar-refractivity contribution in [3.05, 3.63) is 42.2 Å². The minimum Gasteiger partial charge on any atom is -0.468 e. The molecule has 0 bridgehead atoms. The molecule has 2 aromatic rings. The number of likely N-dealkylation sites (N-methyl/N-ethyl adjacent to an activating group) is 1. The summed E-state index contributed by atoms with van der Waals surface area (Å²) in [5, 5.41) is 3.88. The van der Waals surface area contributed by atoms with Gasteiger partial charge < -0.3 is 14.2 Å². The number of rotatable bonds is 5. The van der Waals surface area contributed by atoms with Gasteiger partial charge in [0.2, 0.25) is 5.76 Å². The monoisotopic (exact) mass is 288 g/mol. The fraction of sp³-hybridized carbons (Fsp3) is 0.267. The molecule has 0 atom stereocenters. The fourth-order valence-corrected chi connectivity index (χ4v) is 1.82. The second-order valence-corrected chi connectivity index (χ2v) is 4.34. The van der Waals surface area contributed by atoms with Crippen LogP contribution in [0.5, 0.6) is 0 Å². The summed E-state index contributed by atoms with van der Waals surface area (Å²) in [7, 11) is 1.28. The van der Waals surface area contributed by atoms with Crippen LogP contribution in [0.15, 0.2) is 40.9 Å². The van der Waals surface area contributed by atoms with Crippen molar-refractivity contribution in [2.24, 2.45) is 0 Å². The lowest BCUT2D eigenvalue weighted by Gasteiger charge is -2.17. The van der Waals surface area contributed by atoms with Gasteiger partial charge in [-0.2, -0.15) is 0 Å². The highest BCUT2D eigenvalue weighted by molar-refractivity contribution is 5.94. The second-order valence-electron chi connectivity index (χ2n) is 4.34. The molecule has 6 nitrogen and oxygen atoms in total. The Morgan fingerprint density at radius 1 is 1.29 bits per heavy atom. The summed E-state index contributed by atoms with van der Waals surface area (Å²) in [6, 6.07) is 11.0. The van der Waals surface area contributed by atoms with Crippen LogP contribution in [0.2, 0.25) is 0 Å². The molecule has 0 aliphatic rings. The molecular formula is C15H16N2O4. The van der Waals surface area contributed by atoms with Crippen LogP contribution in [-0.4, -0.2) is 42.1 Å². The van der Waals surface area contributed by atoms with Crippen molar-refractivity contribution in [1.82, 2.24) is 10.1 Å². The number of nitrogens with zero attached hydrogens (tertiary/aromatic N) is 2. The van der Waals surface area contributed by atoms with E-state index < -0.39 is 11.9 Å². The Balaban J connectivity index is 2.16. The van der Waals surface area contributed by atoms with Crippen molar-refractivity contribution >= 4 is 11.9 Å². The maximum Gasteiger partial charge on any atom is 0.325 e. The van der Waals surface area contributed by atoms with Gasteiger partial charge in [0.25, 0.3) is 5.91 Å². The summed E-state index contributed by atoms with van der Waals surface area (Å²) in [4.78, 5) is 24.9. The minimum absolute atomic E-state index is 0.0969. The second kappa shape index (κ2) is 6.69. The van der Waals surface area contributed by atoms with Gasteiger partial charge in [-0.3, -0.25) is 9.59 Å². The van der Waals surface area contributed by atoms with Crippen molar-refractivity contribution in [2.45, 2.75) is 6.92 Å². The van der Waals surface area contributed by atoms with Gasteiger partial charge in [0.1, 0.15) is 12.2 Å². The maximum atomic E-state index is 12.3. The molecule has 1 amide bonds. The molecule has 0 aliphatic heterocycles. The van der Waals surface area contributed by atoms with Gasteiger partial charge in [0, 0.05) is 18.2 Å². The van der Waals surface area contributed by atoms with Crippen LogP contribution in [0.3, 0.4) is 0 Å². The zero-order valence-electron chi connectivity index (χ0n) is 11.9. The molecule has 1 heterocycles. The lowest BCUT2D eigenvalue weighted by molar-refractivity contribution is -0.141. The van der Waals surface area contributed by atoms with Crippen molar-refractivity contribution in [1.29, 1.82) is 0 Å². The topological polar surface area (TPSA) is 72.6 Å². The van der Waals surface area contributed by atoms with Gasteiger partial charge in [0.15, 0.2) is 0 Å². The van der Waals surface area contributed by atoms with Gasteiger partial charge in [0.05, 0.1) is 7.11 Å². The van der Waals surface area contributed by atoms with E-state index in [1.807, 2.05) is 30.3 Å². The zero-order chi connectivity index (χ0) is 15.2. The highest BCUT2D eigenvalue weighted by atomic mass is 16.5. The van der Waals surface area contributed by atoms with Gasteiger partial charge in [-0.05, 0) is 6.92 Å². The highest BCUT2D eigenvalue weighted by Crippen LogP contribution is 2.19. The van der Waals surface area contributed by atoms with E-state index in [1.165, 1.54) is 12.0 Å². The Kier molecular flexibility index (Phi) is 4.71. The molecule has 0 spiro atoms. The molecule has 0 radical (unpaired) electrons. The van der Waals surface area contributed by atoms with Crippen LogP contribution in [0.4, 0.5) is 0 Å². The minimum atomic E-state index is -0.479. The number of esters is 1. The molecular weight excluding hydrogens is 272 g/mol. The average Bonchev–Trinajstić information content (AvgIpc) is 3.02. The Hall–Kier alpha value is -2.63. The average molecular weight is 288 g/mol. The molecule has 0 aliphatic carbocycles. The lowest BCUT2D eigenvalue weighted by atomic mass is 10.1. The van der Waals surface area contributed by atoms with E-state index >= 15 is 0 Å². The number of hydrogen-bond donors (Lipinski definition) is 0. The van der Waals surface area contributed by atoms with E-state index in [1.54, 1.807) is 13.0 Å². The lowest BCUT2D eigenvalue weighted by Crippen LogP contribution is -2.35. The van der Waals surface area contributed by atoms with Crippen LogP contribution in [0.1, 0.15) is 17.5 Å². The fourth-order valence-electron chi connectivity index (χ4n) is 1.82. The van der Waals surface area contributed by atoms with Crippen LogP contribution in [0.25, 0.3) is 11.3 Å². The van der Waals surface area contributed by atoms with E-state index in [2.05, 4.69) is 9.89 Å². The normalized spacial score (nSPS) is 10.2. The SMILES string of the molecule is CCN(CC(=O)OC)C(=O)c1cc(-c2ccccc2)no1. The third-order valence-electron chi connectivity index (χ3n) is 3.01. The van der Waals surface area contributed by atoms with Crippen LogP contribution >= 0.6 is 0 Å². The van der Waals surface area contributed by atoms with E-state index in [0.717, 1.165) is 5.56 Å². The number of carbonyl (C=O) groups is 2. The molecule has 1 aromatic carbocycles. The Morgan fingerprint density at radius 3 is 2.62 bits per heavy atom. The molecule has 6 heteroatoms. The van der Waals surface area contributed by atoms with Crippen molar-refractivity contribution < 1.29 is 18.8 Å². The summed E-state index contributed by atoms with van der Waals surface area (Å²) >= 11 is 0. The maximum absolute atomic E-state index is 12.3. The van der Waals surface area contributed by atoms with Gasteiger partial charge in [-0.15, -0.1) is 0 Å². The van der Waals surface area contributed by atoms with E-state index in [0.29, 0.717) is 12.2 Å². The quantitative estimate of drug-likeness (QED) is 0.787. The number of ether oxygens (including phenoxy) is 1. The first-order valence-corrected chi connectivity index (χ1v) is 6.54. The first kappa shape index (κ1) is 14.8. The van der Waals surface area contributed by atoms with Crippen LogP contribution in [-0.2, 0) is 9.53 Å². The first-order chi connectivity index (χ1) is 10.2. The van der Waals surface area contributed by atoms with E-state index in [4.69, 9.17) is 4.52 Å². The number of hydrogen-bond acceptors (Lipinski definition) is 5. The first-order valence-electron chi connectivity index (χ1n) is 6.54. The van der Waals surface area contributed by atoms with Crippen LogP contribution < -0.4 is 0 Å². The number of benzene rings is 1. The summed E-state index contributed by atoms with van der Waals surface area (Å²) in [6.07, 6.45) is 0. The number of aromatic nitrogens is 1. The largest absolute Gasteiger partial charge is 0.468 e. The summed E-state index contributed by atoms with van der Waals surface area (Å²) in [5.41, 5.74) is 1.43. The van der Waals surface area contributed by atoms with Gasteiger partial charge >= 0.3 is 5.97 Å². The predicted molar refractivity (Wildman–Crippen MR) is 75.5 cm³/mol. The van der Waals surface area contributed by atoms with Crippen molar-refractivity contribution in [2.75, 3.05) is 20.2 Å². The Labute approximate surface area is 122 Å². The number of amides is 1. The Bertz CT molecular complexity index is 622. The van der Waals surface area contributed by atoms with Crippen LogP contribution in [0, 0.1) is 0 Å². The van der Waals surface area contributed by atoms with Gasteiger partial charge in [-0.25, -0.2) is 0 Å². The smallest absolute Gasteiger partial charge is 0.325 e. The third-order valence-corrected chi connectivity index (χ3v) is 3.01. The summed E-state index contributed by atoms with van der Waals surface area (Å²) in [6.45, 7) is 2.03. The molecule has 0 unspecified atom stereocenters. The molecule has 0 saturated carbocycles. The van der Waals surface area contributed by atoms with Crippen molar-refractivity contribution in [3.8, 4) is 11.3 Å². The molecule has 1 aromatic heterocycles. The standard InChI is InChI=1S/C15H16N2O4/c1-3-17(10-14(18)20-2)15(19)13-9-12(16-21-13)11-7-5-4-6-8-11/h4-9H,3,10H2,1-2H3. The van der Waals surface area contributed by atoms with E-state index in [9.17, 15) is 9.59 Å². The summed E-state index contributed by atoms with van der Waals surface area (Å²) in [5.74, 6) is -0.773. The predicted octanol–water partition coefficient (Wildman–Crippen LogP) is 1.98. The molecule has 0 N–H and O–H groups in total. The number of methoxy groups -OCH3 is 1. The Morgan fingerprint density at radius 2 is 2.00 bits per heavy atom. The molecule has 2 rings (SSSR count). The zero-order valence-corrected chi connectivity index (χ0v) is 11.9. The highest BCUT2D eigenvalue weighted by Gasteiger charge is 2.22. The summed E-state index contributed by atoms with van der Waals surface area (Å²) < 4.78 is 9.65. The molecule has 0 fully saturated rings. The molecule has 21 heavy (non-hydrogen) atoms. The molecule has 0 saturated heterocycles.